The molecule has 0 aliphatic heterocycles. The molecule has 0 unspecified atom stereocenters. The molecule has 10 aromatic carbocycles. The molecule has 1 nitrogen and oxygen atoms in total. The summed E-state index contributed by atoms with van der Waals surface area (Å²) in [7, 11) is 0. The third-order valence-corrected chi connectivity index (χ3v) is 10.3. The maximum Gasteiger partial charge on any atom is 0.143 e. The van der Waals surface area contributed by atoms with Crippen LogP contribution >= 0.6 is 0 Å². The van der Waals surface area contributed by atoms with Crippen LogP contribution in [0, 0.1) is 0 Å². The van der Waals surface area contributed by atoms with E-state index in [2.05, 4.69) is 24.3 Å². The molecule has 0 atom stereocenters. The molecule has 0 saturated heterocycles. The number of benzene rings is 10. The SMILES string of the molecule is [2H]c1c([2H])c([2H])c2c(-c3cccc4ccccc34)c3c([2H])c([2H])c([2H])c([2H])c3c(-c3cc(-c4cccc5c4oc4ccc6ccccc6c45)c4ccccc4c3)c2c1[2H]. The molecule has 11 rings (SSSR count). The Morgan fingerprint density at radius 2 is 0.902 bits per heavy atom. The smallest absolute Gasteiger partial charge is 0.143 e. The first-order valence-corrected chi connectivity index (χ1v) is 16.9. The Bertz CT molecular complexity index is 3580. The zero-order valence-corrected chi connectivity index (χ0v) is 27.1. The Morgan fingerprint density at radius 3 is 1.63 bits per heavy atom. The third kappa shape index (κ3) is 4.16. The number of rotatable bonds is 3. The Morgan fingerprint density at radius 1 is 0.373 bits per heavy atom. The van der Waals surface area contributed by atoms with Crippen LogP contribution in [0.5, 0.6) is 0 Å². The van der Waals surface area contributed by atoms with E-state index < -0.39 is 24.2 Å². The second kappa shape index (κ2) is 10.9. The summed E-state index contributed by atoms with van der Waals surface area (Å²) in [6.45, 7) is 0. The van der Waals surface area contributed by atoms with Gasteiger partial charge in [-0.1, -0.05) is 164 Å². The zero-order valence-electron chi connectivity index (χ0n) is 35.1. The average molecular weight is 655 g/mol. The first-order valence-electron chi connectivity index (χ1n) is 20.9. The van der Waals surface area contributed by atoms with Crippen molar-refractivity contribution >= 4 is 75.8 Å². The van der Waals surface area contributed by atoms with E-state index in [1.165, 1.54) is 0 Å². The van der Waals surface area contributed by atoms with E-state index in [0.717, 1.165) is 59.8 Å². The lowest BCUT2D eigenvalue weighted by Crippen LogP contribution is -1.92. The highest BCUT2D eigenvalue weighted by molar-refractivity contribution is 6.25. The zero-order chi connectivity index (χ0) is 40.4. The molecule has 1 heteroatoms. The molecule has 1 heterocycles. The molecule has 0 radical (unpaired) electrons. The van der Waals surface area contributed by atoms with Gasteiger partial charge < -0.3 is 4.42 Å². The minimum atomic E-state index is -0.437. The lowest BCUT2D eigenvalue weighted by Gasteiger charge is -2.20. The molecule has 1 aromatic heterocycles. The van der Waals surface area contributed by atoms with Crippen molar-refractivity contribution in [1.29, 1.82) is 0 Å². The lowest BCUT2D eigenvalue weighted by molar-refractivity contribution is 0.670. The molecule has 0 fully saturated rings. The van der Waals surface area contributed by atoms with Crippen LogP contribution in [0.4, 0.5) is 0 Å². The maximum atomic E-state index is 9.55. The van der Waals surface area contributed by atoms with Crippen molar-refractivity contribution in [3.63, 3.8) is 0 Å². The second-order valence-corrected chi connectivity index (χ2v) is 13.0. The first kappa shape index (κ1) is 21.4. The monoisotopic (exact) mass is 654 g/mol. The molecule has 0 spiro atoms. The van der Waals surface area contributed by atoms with Gasteiger partial charge in [0.25, 0.3) is 0 Å². The molecule has 0 saturated carbocycles. The highest BCUT2D eigenvalue weighted by Gasteiger charge is 2.21. The standard InChI is InChI=1S/C50H30O/c1-4-17-35-31(13-1)16-11-24-38(35)48-41-22-9-7-20-39(41)47(40-21-8-10-23-42(40)48)34-29-33-15-3-5-18-36(33)45(30-34)43-25-12-26-44-49-37-19-6-2-14-32(37)27-28-46(49)51-50(43)44/h1-30H/i7D,8D,9D,10D,20D,21D,22D,23D. The normalized spacial score (nSPS) is 14.1. The maximum absolute atomic E-state index is 9.55. The van der Waals surface area contributed by atoms with Crippen LogP contribution in [-0.2, 0) is 0 Å². The van der Waals surface area contributed by atoms with Gasteiger partial charge in [0, 0.05) is 16.3 Å². The molecular formula is C50H30O. The molecule has 0 bridgehead atoms. The second-order valence-electron chi connectivity index (χ2n) is 13.0. The Labute approximate surface area is 305 Å². The van der Waals surface area contributed by atoms with Gasteiger partial charge in [-0.2, -0.15) is 0 Å². The number of hydrogen-bond donors (Lipinski definition) is 0. The Hall–Kier alpha value is -6.70. The highest BCUT2D eigenvalue weighted by atomic mass is 16.3. The summed E-state index contributed by atoms with van der Waals surface area (Å²) in [6.07, 6.45) is 0. The van der Waals surface area contributed by atoms with Gasteiger partial charge in [0.2, 0.25) is 0 Å². The van der Waals surface area contributed by atoms with Gasteiger partial charge in [0.15, 0.2) is 0 Å². The fourth-order valence-electron chi connectivity index (χ4n) is 8.08. The molecule has 0 N–H and O–H groups in total. The van der Waals surface area contributed by atoms with Gasteiger partial charge in [-0.3, -0.25) is 0 Å². The Balaban J connectivity index is 1.35. The van der Waals surface area contributed by atoms with Gasteiger partial charge in [0.1, 0.15) is 11.2 Å². The average Bonchev–Trinajstić information content (AvgIpc) is 3.67. The summed E-state index contributed by atoms with van der Waals surface area (Å²) in [6, 6.07) is 40.6. The summed E-state index contributed by atoms with van der Waals surface area (Å²) >= 11 is 0. The number of para-hydroxylation sites is 1. The van der Waals surface area contributed by atoms with Crippen molar-refractivity contribution in [2.45, 2.75) is 0 Å². The summed E-state index contributed by atoms with van der Waals surface area (Å²) in [5, 5.41) is 8.24. The van der Waals surface area contributed by atoms with E-state index in [4.69, 9.17) is 9.90 Å². The van der Waals surface area contributed by atoms with Gasteiger partial charge in [-0.05, 0) is 99.9 Å². The molecule has 51 heavy (non-hydrogen) atoms. The van der Waals surface area contributed by atoms with Crippen LogP contribution < -0.4 is 0 Å². The van der Waals surface area contributed by atoms with Crippen LogP contribution in [0.3, 0.4) is 0 Å². The van der Waals surface area contributed by atoms with Crippen molar-refractivity contribution in [1.82, 2.24) is 0 Å². The summed E-state index contributed by atoms with van der Waals surface area (Å²) in [4.78, 5) is 0. The van der Waals surface area contributed by atoms with Gasteiger partial charge >= 0.3 is 0 Å². The molecular weight excluding hydrogens is 617 g/mol. The Kier molecular flexibility index (Phi) is 4.57. The van der Waals surface area contributed by atoms with Crippen molar-refractivity contribution in [2.75, 3.05) is 0 Å². The predicted octanol–water partition coefficient (Wildman–Crippen LogP) is 14.4. The van der Waals surface area contributed by atoms with Crippen LogP contribution in [0.1, 0.15) is 11.0 Å². The summed E-state index contributed by atoms with van der Waals surface area (Å²) in [5.41, 5.74) is 4.81. The van der Waals surface area contributed by atoms with Gasteiger partial charge in [-0.25, -0.2) is 0 Å². The minimum absolute atomic E-state index is 0.172. The molecule has 11 aromatic rings. The number of furan rings is 1. The van der Waals surface area contributed by atoms with Crippen LogP contribution in [0.25, 0.3) is 109 Å². The van der Waals surface area contributed by atoms with Crippen LogP contribution in [0.15, 0.2) is 186 Å². The van der Waals surface area contributed by atoms with Crippen molar-refractivity contribution in [2.24, 2.45) is 0 Å². The quantitative estimate of drug-likeness (QED) is 0.173. The van der Waals surface area contributed by atoms with E-state index in [9.17, 15) is 5.48 Å². The fourth-order valence-corrected chi connectivity index (χ4v) is 8.08. The topological polar surface area (TPSA) is 13.1 Å². The van der Waals surface area contributed by atoms with Crippen LogP contribution in [0.2, 0.25) is 0 Å². The van der Waals surface area contributed by atoms with Crippen molar-refractivity contribution < 1.29 is 15.4 Å². The van der Waals surface area contributed by atoms with E-state index in [1.807, 2.05) is 109 Å². The molecule has 0 aliphatic rings. The highest BCUT2D eigenvalue weighted by Crippen LogP contribution is 2.48. The third-order valence-electron chi connectivity index (χ3n) is 10.3. The number of fused-ring (bicyclic) bond motifs is 9. The van der Waals surface area contributed by atoms with Gasteiger partial charge in [0.05, 0.1) is 11.0 Å². The van der Waals surface area contributed by atoms with Crippen molar-refractivity contribution in [3.05, 3.63) is 182 Å². The largest absolute Gasteiger partial charge is 0.455 e. The minimum Gasteiger partial charge on any atom is -0.455 e. The summed E-state index contributed by atoms with van der Waals surface area (Å²) < 4.78 is 80.6. The lowest BCUT2D eigenvalue weighted by atomic mass is 9.83. The predicted molar refractivity (Wildman–Crippen MR) is 218 cm³/mol. The number of hydrogen-bond acceptors (Lipinski definition) is 1. The van der Waals surface area contributed by atoms with Crippen LogP contribution in [-0.4, -0.2) is 0 Å². The van der Waals surface area contributed by atoms with E-state index >= 15 is 0 Å². The van der Waals surface area contributed by atoms with Gasteiger partial charge in [-0.15, -0.1) is 0 Å². The molecule has 0 aliphatic carbocycles. The first-order chi connectivity index (χ1) is 28.6. The van der Waals surface area contributed by atoms with E-state index in [1.54, 1.807) is 0 Å². The summed E-state index contributed by atoms with van der Waals surface area (Å²) in [5.74, 6) is 0. The fraction of sp³-hybridized carbons (Fsp3) is 0. The molecule has 236 valence electrons. The molecule has 0 amide bonds. The van der Waals surface area contributed by atoms with E-state index in [-0.39, 0.29) is 45.7 Å². The van der Waals surface area contributed by atoms with E-state index in [0.29, 0.717) is 27.8 Å². The van der Waals surface area contributed by atoms with Crippen molar-refractivity contribution in [3.8, 4) is 33.4 Å².